The Morgan fingerprint density at radius 1 is 1.22 bits per heavy atom. The van der Waals surface area contributed by atoms with Crippen molar-refractivity contribution in [1.29, 1.82) is 0 Å². The summed E-state index contributed by atoms with van der Waals surface area (Å²) >= 11 is 0. The van der Waals surface area contributed by atoms with Crippen molar-refractivity contribution < 1.29 is 0 Å². The van der Waals surface area contributed by atoms with Crippen LogP contribution in [0, 0.1) is 0 Å². The Balaban J connectivity index is 2.72. The van der Waals surface area contributed by atoms with Crippen molar-refractivity contribution in [3.8, 4) is 0 Å². The summed E-state index contributed by atoms with van der Waals surface area (Å²) in [6, 6.07) is 10.3. The van der Waals surface area contributed by atoms with Gasteiger partial charge in [0.1, 0.15) is 0 Å². The minimum atomic E-state index is 0.998. The van der Waals surface area contributed by atoms with E-state index in [-0.39, 0.29) is 0 Å². The molecule has 1 aromatic carbocycles. The molecule has 0 unspecified atom stereocenters. The van der Waals surface area contributed by atoms with Gasteiger partial charge in [-0.05, 0) is 12.0 Å². The van der Waals surface area contributed by atoms with Gasteiger partial charge in [-0.25, -0.2) is 0 Å². The molecular formula is C8H9P. The van der Waals surface area contributed by atoms with Gasteiger partial charge in [-0.2, -0.15) is 0 Å². The molecule has 0 atom stereocenters. The third kappa shape index (κ3) is 1.99. The standard InChI is InChI=1S/C8H9P/c9-7-6-8-4-2-1-3-5-8/h1-5,7,9H,6H2. The van der Waals surface area contributed by atoms with E-state index >= 15 is 0 Å². The first kappa shape index (κ1) is 6.51. The fourth-order valence-corrected chi connectivity index (χ4v) is 0.968. The van der Waals surface area contributed by atoms with E-state index in [0.717, 1.165) is 6.42 Å². The Labute approximate surface area is 57.7 Å². The molecule has 0 radical (unpaired) electrons. The summed E-state index contributed by atoms with van der Waals surface area (Å²) in [6.45, 7) is 0. The molecule has 0 saturated heterocycles. The number of hydrogen-bond acceptors (Lipinski definition) is 0. The van der Waals surface area contributed by atoms with Crippen molar-refractivity contribution in [2.45, 2.75) is 6.42 Å². The van der Waals surface area contributed by atoms with Gasteiger partial charge in [-0.3, -0.25) is 0 Å². The van der Waals surface area contributed by atoms with Crippen LogP contribution in [0.5, 0.6) is 0 Å². The average molecular weight is 136 g/mol. The minimum absolute atomic E-state index is 0.998. The zero-order valence-electron chi connectivity index (χ0n) is 5.17. The SMILES string of the molecule is P=CCc1ccccc1. The summed E-state index contributed by atoms with van der Waals surface area (Å²) in [6.07, 6.45) is 0.998. The molecule has 0 amide bonds. The second-order valence-corrected chi connectivity index (χ2v) is 2.30. The van der Waals surface area contributed by atoms with E-state index in [1.807, 2.05) is 24.0 Å². The number of rotatable bonds is 2. The lowest BCUT2D eigenvalue weighted by atomic mass is 10.2. The maximum absolute atomic E-state index is 3.30. The quantitative estimate of drug-likeness (QED) is 0.546. The molecule has 46 valence electrons. The van der Waals surface area contributed by atoms with E-state index in [4.69, 9.17) is 0 Å². The molecule has 9 heavy (non-hydrogen) atoms. The van der Waals surface area contributed by atoms with Gasteiger partial charge in [0.2, 0.25) is 0 Å². The topological polar surface area (TPSA) is 0 Å². The summed E-state index contributed by atoms with van der Waals surface area (Å²) in [5.74, 6) is 1.97. The Hall–Kier alpha value is -0.610. The van der Waals surface area contributed by atoms with Crippen molar-refractivity contribution in [3.63, 3.8) is 0 Å². The van der Waals surface area contributed by atoms with E-state index in [1.54, 1.807) is 0 Å². The van der Waals surface area contributed by atoms with Crippen LogP contribution in [0.2, 0.25) is 0 Å². The highest BCUT2D eigenvalue weighted by molar-refractivity contribution is 7.18. The fourth-order valence-electron chi connectivity index (χ4n) is 0.732. The van der Waals surface area contributed by atoms with Crippen LogP contribution in [0.25, 0.3) is 0 Å². The maximum Gasteiger partial charge on any atom is -0.00566 e. The maximum atomic E-state index is 3.30. The molecule has 0 aromatic heterocycles. The molecule has 0 aliphatic carbocycles. The first-order valence-corrected chi connectivity index (χ1v) is 3.54. The van der Waals surface area contributed by atoms with E-state index < -0.39 is 0 Å². The second kappa shape index (κ2) is 3.42. The summed E-state index contributed by atoms with van der Waals surface area (Å²) in [5, 5.41) is 0. The van der Waals surface area contributed by atoms with E-state index in [0.29, 0.717) is 0 Å². The molecule has 0 bridgehead atoms. The fraction of sp³-hybridized carbons (Fsp3) is 0.125. The Morgan fingerprint density at radius 2 is 1.89 bits per heavy atom. The summed E-state index contributed by atoms with van der Waals surface area (Å²) in [4.78, 5) is 0. The Morgan fingerprint density at radius 3 is 2.44 bits per heavy atom. The van der Waals surface area contributed by atoms with Crippen molar-refractivity contribution in [2.75, 3.05) is 0 Å². The average Bonchev–Trinajstić information content (AvgIpc) is 1.91. The smallest absolute Gasteiger partial charge is 0.00566 e. The monoisotopic (exact) mass is 136 g/mol. The van der Waals surface area contributed by atoms with Crippen LogP contribution in [0.15, 0.2) is 30.3 Å². The number of hydrogen-bond donors (Lipinski definition) is 0. The molecule has 0 saturated carbocycles. The van der Waals surface area contributed by atoms with Gasteiger partial charge in [-0.15, -0.1) is 8.86 Å². The van der Waals surface area contributed by atoms with E-state index in [1.165, 1.54) is 5.56 Å². The minimum Gasteiger partial charge on any atom is -0.126 e. The van der Waals surface area contributed by atoms with Gasteiger partial charge in [0.05, 0.1) is 0 Å². The van der Waals surface area contributed by atoms with Gasteiger partial charge in [0.25, 0.3) is 0 Å². The zero-order chi connectivity index (χ0) is 6.53. The summed E-state index contributed by atoms with van der Waals surface area (Å²) < 4.78 is 0. The zero-order valence-corrected chi connectivity index (χ0v) is 6.17. The van der Waals surface area contributed by atoms with Crippen molar-refractivity contribution in [3.05, 3.63) is 35.9 Å². The highest BCUT2D eigenvalue weighted by Crippen LogP contribution is 1.97. The van der Waals surface area contributed by atoms with Crippen LogP contribution >= 0.6 is 8.86 Å². The Bertz CT molecular complexity index is 179. The second-order valence-electron chi connectivity index (χ2n) is 1.89. The molecule has 0 aliphatic rings. The lowest BCUT2D eigenvalue weighted by molar-refractivity contribution is 1.38. The molecule has 0 spiro atoms. The van der Waals surface area contributed by atoms with Gasteiger partial charge in [0, 0.05) is 0 Å². The van der Waals surface area contributed by atoms with Crippen LogP contribution in [0.1, 0.15) is 5.56 Å². The predicted molar refractivity (Wildman–Crippen MR) is 44.5 cm³/mol. The van der Waals surface area contributed by atoms with Gasteiger partial charge >= 0.3 is 0 Å². The Kier molecular flexibility index (Phi) is 2.48. The summed E-state index contributed by atoms with van der Waals surface area (Å²) in [5.41, 5.74) is 1.34. The molecular weight excluding hydrogens is 127 g/mol. The van der Waals surface area contributed by atoms with Crippen molar-refractivity contribution in [1.82, 2.24) is 0 Å². The molecule has 1 aromatic rings. The predicted octanol–water partition coefficient (Wildman–Crippen LogP) is 2.17. The third-order valence-electron chi connectivity index (χ3n) is 1.18. The molecule has 0 nitrogen and oxygen atoms in total. The first-order valence-electron chi connectivity index (χ1n) is 2.96. The first-order chi connectivity index (χ1) is 4.43. The molecule has 1 heteroatoms. The molecule has 1 rings (SSSR count). The van der Waals surface area contributed by atoms with E-state index in [9.17, 15) is 0 Å². The van der Waals surface area contributed by atoms with E-state index in [2.05, 4.69) is 21.0 Å². The van der Waals surface area contributed by atoms with Crippen molar-refractivity contribution >= 4 is 14.7 Å². The van der Waals surface area contributed by atoms with Gasteiger partial charge < -0.3 is 0 Å². The molecule has 0 heterocycles. The summed E-state index contributed by atoms with van der Waals surface area (Å²) in [7, 11) is 3.30. The largest absolute Gasteiger partial charge is 0.126 e. The van der Waals surface area contributed by atoms with Crippen LogP contribution in [-0.4, -0.2) is 5.80 Å². The molecule has 0 aliphatic heterocycles. The normalized spacial score (nSPS) is 8.89. The van der Waals surface area contributed by atoms with Crippen LogP contribution in [0.3, 0.4) is 0 Å². The highest BCUT2D eigenvalue weighted by atomic mass is 31.0. The van der Waals surface area contributed by atoms with Gasteiger partial charge in [0.15, 0.2) is 0 Å². The highest BCUT2D eigenvalue weighted by Gasteiger charge is 1.82. The van der Waals surface area contributed by atoms with Crippen LogP contribution < -0.4 is 0 Å². The third-order valence-corrected chi connectivity index (χ3v) is 1.38. The lowest BCUT2D eigenvalue weighted by Gasteiger charge is -1.90. The van der Waals surface area contributed by atoms with Crippen molar-refractivity contribution in [2.24, 2.45) is 0 Å². The van der Waals surface area contributed by atoms with Crippen LogP contribution in [-0.2, 0) is 6.42 Å². The van der Waals surface area contributed by atoms with Gasteiger partial charge in [-0.1, -0.05) is 36.1 Å². The number of benzene rings is 1. The van der Waals surface area contributed by atoms with Crippen LogP contribution in [0.4, 0.5) is 0 Å². The molecule has 0 N–H and O–H groups in total. The lowest BCUT2D eigenvalue weighted by Crippen LogP contribution is -1.80. The molecule has 0 fully saturated rings.